The van der Waals surface area contributed by atoms with Gasteiger partial charge in [-0.1, -0.05) is 5.16 Å². The molecule has 0 fully saturated rings. The number of benzene rings is 1. The molecular formula is C13H11NO5. The van der Waals surface area contributed by atoms with Gasteiger partial charge >= 0.3 is 5.97 Å². The zero-order valence-electron chi connectivity index (χ0n) is 10.3. The van der Waals surface area contributed by atoms with Crippen LogP contribution in [0.3, 0.4) is 0 Å². The van der Waals surface area contributed by atoms with Crippen LogP contribution in [0.15, 0.2) is 28.8 Å². The van der Waals surface area contributed by atoms with Crippen LogP contribution in [-0.4, -0.2) is 29.1 Å². The molecule has 0 aliphatic rings. The Bertz CT molecular complexity index is 627. The quantitative estimate of drug-likeness (QED) is 0.845. The lowest BCUT2D eigenvalue weighted by Crippen LogP contribution is -2.09. The maximum atomic E-state index is 12.2. The highest BCUT2D eigenvalue weighted by atomic mass is 16.5. The Hall–Kier alpha value is -2.63. The van der Waals surface area contributed by atoms with Gasteiger partial charge in [0, 0.05) is 5.56 Å². The summed E-state index contributed by atoms with van der Waals surface area (Å²) in [7, 11) is 1.52. The summed E-state index contributed by atoms with van der Waals surface area (Å²) in [4.78, 5) is 23.2. The van der Waals surface area contributed by atoms with Gasteiger partial charge in [-0.05, 0) is 31.2 Å². The Morgan fingerprint density at radius 2 is 1.89 bits per heavy atom. The summed E-state index contributed by atoms with van der Waals surface area (Å²) in [6, 6.07) is 6.35. The van der Waals surface area contributed by atoms with Crippen LogP contribution >= 0.6 is 0 Å². The minimum atomic E-state index is -1.30. The smallest absolute Gasteiger partial charge is 0.358 e. The first-order valence-electron chi connectivity index (χ1n) is 5.43. The Labute approximate surface area is 108 Å². The summed E-state index contributed by atoms with van der Waals surface area (Å²) in [5, 5.41) is 12.3. The summed E-state index contributed by atoms with van der Waals surface area (Å²) in [5.41, 5.74) is -0.0643. The molecule has 1 N–H and O–H groups in total. The summed E-state index contributed by atoms with van der Waals surface area (Å²) in [6.07, 6.45) is 0. The van der Waals surface area contributed by atoms with Crippen LogP contribution in [0.5, 0.6) is 5.75 Å². The van der Waals surface area contributed by atoms with Gasteiger partial charge in [0.2, 0.25) is 5.69 Å². The highest BCUT2D eigenvalue weighted by molar-refractivity contribution is 6.14. The monoisotopic (exact) mass is 261 g/mol. The van der Waals surface area contributed by atoms with Crippen LogP contribution in [0, 0.1) is 6.92 Å². The number of aromatic carboxylic acids is 1. The van der Waals surface area contributed by atoms with Crippen molar-refractivity contribution in [1.82, 2.24) is 5.16 Å². The molecule has 0 bridgehead atoms. The first kappa shape index (κ1) is 12.8. The van der Waals surface area contributed by atoms with Gasteiger partial charge in [0.25, 0.3) is 0 Å². The third-order valence-electron chi connectivity index (χ3n) is 2.64. The fraction of sp³-hybridized carbons (Fsp3) is 0.154. The van der Waals surface area contributed by atoms with E-state index in [9.17, 15) is 9.59 Å². The van der Waals surface area contributed by atoms with Crippen molar-refractivity contribution >= 4 is 11.8 Å². The lowest BCUT2D eigenvalue weighted by molar-refractivity contribution is 0.0682. The fourth-order valence-electron chi connectivity index (χ4n) is 1.67. The summed E-state index contributed by atoms with van der Waals surface area (Å²) >= 11 is 0. The molecule has 0 aliphatic heterocycles. The molecule has 0 saturated carbocycles. The van der Waals surface area contributed by atoms with E-state index in [1.54, 1.807) is 24.3 Å². The number of hydrogen-bond acceptors (Lipinski definition) is 5. The second-order valence-electron chi connectivity index (χ2n) is 3.83. The molecule has 2 rings (SSSR count). The third kappa shape index (κ3) is 2.33. The van der Waals surface area contributed by atoms with Crippen molar-refractivity contribution in [3.8, 4) is 5.75 Å². The summed E-state index contributed by atoms with van der Waals surface area (Å²) < 4.78 is 9.76. The number of carbonyl (C=O) groups excluding carboxylic acids is 1. The molecule has 0 radical (unpaired) electrons. The zero-order chi connectivity index (χ0) is 14.0. The predicted molar refractivity (Wildman–Crippen MR) is 64.6 cm³/mol. The molecule has 2 aromatic rings. The largest absolute Gasteiger partial charge is 0.497 e. The van der Waals surface area contributed by atoms with Crippen molar-refractivity contribution in [2.75, 3.05) is 7.11 Å². The Morgan fingerprint density at radius 1 is 1.26 bits per heavy atom. The van der Waals surface area contributed by atoms with Crippen LogP contribution in [-0.2, 0) is 0 Å². The first-order valence-corrected chi connectivity index (χ1v) is 5.43. The molecule has 1 heterocycles. The predicted octanol–water partition coefficient (Wildman–Crippen LogP) is 1.92. The average molecular weight is 261 g/mol. The Balaban J connectivity index is 2.43. The third-order valence-corrected chi connectivity index (χ3v) is 2.64. The van der Waals surface area contributed by atoms with Gasteiger partial charge in [-0.2, -0.15) is 0 Å². The lowest BCUT2D eigenvalue weighted by Gasteiger charge is -2.02. The molecule has 6 heteroatoms. The molecule has 1 aromatic carbocycles. The van der Waals surface area contributed by atoms with Gasteiger partial charge in [0.05, 0.1) is 12.7 Å². The number of aryl methyl sites for hydroxylation is 1. The van der Waals surface area contributed by atoms with Crippen molar-refractivity contribution in [3.05, 3.63) is 46.8 Å². The molecule has 0 unspecified atom stereocenters. The van der Waals surface area contributed by atoms with Gasteiger partial charge in [0.1, 0.15) is 11.5 Å². The lowest BCUT2D eigenvalue weighted by atomic mass is 10.0. The number of ether oxygens (including phenoxy) is 1. The molecule has 0 saturated heterocycles. The highest BCUT2D eigenvalue weighted by Gasteiger charge is 2.25. The number of nitrogens with zero attached hydrogens (tertiary/aromatic N) is 1. The molecule has 19 heavy (non-hydrogen) atoms. The van der Waals surface area contributed by atoms with Crippen LogP contribution in [0.4, 0.5) is 0 Å². The number of ketones is 1. The molecule has 0 amide bonds. The van der Waals surface area contributed by atoms with Crippen LogP contribution in [0.2, 0.25) is 0 Å². The van der Waals surface area contributed by atoms with Crippen molar-refractivity contribution in [2.45, 2.75) is 6.92 Å². The number of rotatable bonds is 4. The van der Waals surface area contributed by atoms with E-state index in [1.165, 1.54) is 14.0 Å². The highest BCUT2D eigenvalue weighted by Crippen LogP contribution is 2.20. The van der Waals surface area contributed by atoms with Gasteiger partial charge in [-0.15, -0.1) is 0 Å². The molecule has 1 aromatic heterocycles. The zero-order valence-corrected chi connectivity index (χ0v) is 10.3. The molecule has 0 aliphatic carbocycles. The topological polar surface area (TPSA) is 89.6 Å². The number of carbonyl (C=O) groups is 2. The van der Waals surface area contributed by atoms with E-state index in [1.807, 2.05) is 0 Å². The summed E-state index contributed by atoms with van der Waals surface area (Å²) in [6.45, 7) is 1.50. The number of methoxy groups -OCH3 is 1. The van der Waals surface area contributed by atoms with Gasteiger partial charge < -0.3 is 14.4 Å². The molecule has 0 spiro atoms. The van der Waals surface area contributed by atoms with Crippen LogP contribution in [0.1, 0.15) is 32.2 Å². The van der Waals surface area contributed by atoms with E-state index in [-0.39, 0.29) is 17.0 Å². The van der Waals surface area contributed by atoms with E-state index >= 15 is 0 Å². The number of carboxylic acids is 1. The normalized spacial score (nSPS) is 10.2. The van der Waals surface area contributed by atoms with E-state index < -0.39 is 11.8 Å². The minimum absolute atomic E-state index is 0.0299. The first-order chi connectivity index (χ1) is 9.04. The number of hydrogen-bond donors (Lipinski definition) is 1. The minimum Gasteiger partial charge on any atom is -0.497 e. The van der Waals surface area contributed by atoms with Crippen LogP contribution < -0.4 is 4.74 Å². The SMILES string of the molecule is COc1ccc(C(=O)c2c(C(=O)O)noc2C)cc1. The molecule has 6 nitrogen and oxygen atoms in total. The van der Waals surface area contributed by atoms with E-state index in [2.05, 4.69) is 5.16 Å². The second-order valence-corrected chi connectivity index (χ2v) is 3.83. The Kier molecular flexibility index (Phi) is 3.33. The van der Waals surface area contributed by atoms with E-state index in [4.69, 9.17) is 14.4 Å². The Morgan fingerprint density at radius 3 is 2.42 bits per heavy atom. The maximum Gasteiger partial charge on any atom is 0.358 e. The van der Waals surface area contributed by atoms with Gasteiger partial charge in [-0.3, -0.25) is 4.79 Å². The van der Waals surface area contributed by atoms with Crippen molar-refractivity contribution < 1.29 is 24.0 Å². The summed E-state index contributed by atoms with van der Waals surface area (Å²) in [5.74, 6) is -0.956. The second kappa shape index (κ2) is 4.93. The van der Waals surface area contributed by atoms with Crippen molar-refractivity contribution in [3.63, 3.8) is 0 Å². The van der Waals surface area contributed by atoms with Crippen LogP contribution in [0.25, 0.3) is 0 Å². The number of aromatic nitrogens is 1. The van der Waals surface area contributed by atoms with Gasteiger partial charge in [-0.25, -0.2) is 4.79 Å². The maximum absolute atomic E-state index is 12.2. The molecule has 98 valence electrons. The standard InChI is InChI=1S/C13H11NO5/c1-7-10(11(13(16)17)14-19-7)12(15)8-3-5-9(18-2)6-4-8/h3-6H,1-2H3,(H,16,17). The van der Waals surface area contributed by atoms with Crippen molar-refractivity contribution in [2.24, 2.45) is 0 Å². The van der Waals surface area contributed by atoms with E-state index in [0.717, 1.165) is 0 Å². The average Bonchev–Trinajstić information content (AvgIpc) is 2.80. The van der Waals surface area contributed by atoms with E-state index in [0.29, 0.717) is 11.3 Å². The molecular weight excluding hydrogens is 250 g/mol. The fourth-order valence-corrected chi connectivity index (χ4v) is 1.67. The number of carboxylic acid groups (broad SMARTS) is 1. The van der Waals surface area contributed by atoms with Gasteiger partial charge in [0.15, 0.2) is 5.78 Å². The van der Waals surface area contributed by atoms with Crippen molar-refractivity contribution in [1.29, 1.82) is 0 Å². The molecule has 0 atom stereocenters.